The van der Waals surface area contributed by atoms with Crippen LogP contribution in [0.1, 0.15) is 36.9 Å². The Balaban J connectivity index is 2.36. The third-order valence-corrected chi connectivity index (χ3v) is 3.00. The van der Waals surface area contributed by atoms with Gasteiger partial charge in [0.1, 0.15) is 11.5 Å². The second-order valence-corrected chi connectivity index (χ2v) is 4.57. The zero-order valence-electron chi connectivity index (χ0n) is 11.6. The van der Waals surface area contributed by atoms with Crippen LogP contribution in [0, 0.1) is 6.92 Å². The number of rotatable bonds is 4. The van der Waals surface area contributed by atoms with E-state index < -0.39 is 6.10 Å². The maximum atomic E-state index is 9.76. The van der Waals surface area contributed by atoms with Crippen molar-refractivity contribution < 1.29 is 9.84 Å². The summed E-state index contributed by atoms with van der Waals surface area (Å²) in [4.78, 5) is 4.47. The molecule has 0 amide bonds. The molecule has 0 bridgehead atoms. The molecule has 0 spiro atoms. The van der Waals surface area contributed by atoms with Gasteiger partial charge in [-0.3, -0.25) is 4.98 Å². The smallest absolute Gasteiger partial charge is 0.148 e. The minimum absolute atomic E-state index is 0.556. The summed E-state index contributed by atoms with van der Waals surface area (Å²) in [5.74, 6) is 1.43. The van der Waals surface area contributed by atoms with Crippen LogP contribution in [0.5, 0.6) is 11.5 Å². The molecule has 0 aliphatic rings. The van der Waals surface area contributed by atoms with E-state index in [1.165, 1.54) is 0 Å². The molecule has 3 heteroatoms. The van der Waals surface area contributed by atoms with E-state index >= 15 is 0 Å². The van der Waals surface area contributed by atoms with Gasteiger partial charge in [-0.25, -0.2) is 0 Å². The van der Waals surface area contributed by atoms with Gasteiger partial charge < -0.3 is 9.84 Å². The Morgan fingerprint density at radius 2 is 1.89 bits per heavy atom. The van der Waals surface area contributed by atoms with Crippen molar-refractivity contribution >= 4 is 0 Å². The van der Waals surface area contributed by atoms with Gasteiger partial charge in [-0.15, -0.1) is 0 Å². The third kappa shape index (κ3) is 3.12. The number of aromatic nitrogens is 1. The zero-order valence-corrected chi connectivity index (χ0v) is 11.6. The van der Waals surface area contributed by atoms with Crippen molar-refractivity contribution in [3.8, 4) is 11.5 Å². The van der Waals surface area contributed by atoms with Crippen LogP contribution in [-0.2, 0) is 6.42 Å². The number of aryl methyl sites for hydroxylation is 2. The van der Waals surface area contributed by atoms with E-state index in [4.69, 9.17) is 4.74 Å². The average molecular weight is 257 g/mol. The molecule has 0 saturated carbocycles. The van der Waals surface area contributed by atoms with Crippen molar-refractivity contribution in [2.24, 2.45) is 0 Å². The summed E-state index contributed by atoms with van der Waals surface area (Å²) in [6.07, 6.45) is 0.258. The molecule has 19 heavy (non-hydrogen) atoms. The first kappa shape index (κ1) is 13.6. The van der Waals surface area contributed by atoms with Gasteiger partial charge >= 0.3 is 0 Å². The molecule has 0 aliphatic carbocycles. The molecule has 0 radical (unpaired) electrons. The van der Waals surface area contributed by atoms with Gasteiger partial charge in [0.2, 0.25) is 0 Å². The SMILES string of the molecule is CCc1nc(C)ccc1Oc1ccccc1[C@@H](C)O. The Bertz CT molecular complexity index is 564. The number of pyridine rings is 1. The highest BCUT2D eigenvalue weighted by atomic mass is 16.5. The van der Waals surface area contributed by atoms with Crippen LogP contribution in [0.2, 0.25) is 0 Å². The molecule has 1 N–H and O–H groups in total. The fourth-order valence-electron chi connectivity index (χ4n) is 1.98. The number of aliphatic hydroxyl groups excluding tert-OH is 1. The molecule has 100 valence electrons. The van der Waals surface area contributed by atoms with Gasteiger partial charge in [-0.05, 0) is 38.5 Å². The fourth-order valence-corrected chi connectivity index (χ4v) is 1.98. The largest absolute Gasteiger partial charge is 0.455 e. The number of para-hydroxylation sites is 1. The normalized spacial score (nSPS) is 12.2. The number of hydrogen-bond acceptors (Lipinski definition) is 3. The molecule has 2 rings (SSSR count). The highest BCUT2D eigenvalue weighted by Gasteiger charge is 2.11. The maximum Gasteiger partial charge on any atom is 0.148 e. The maximum absolute atomic E-state index is 9.76. The van der Waals surface area contributed by atoms with Gasteiger partial charge in [0.15, 0.2) is 0 Å². The lowest BCUT2D eigenvalue weighted by molar-refractivity contribution is 0.195. The van der Waals surface area contributed by atoms with Crippen molar-refractivity contribution in [3.63, 3.8) is 0 Å². The zero-order chi connectivity index (χ0) is 13.8. The number of aliphatic hydroxyl groups is 1. The molecular weight excluding hydrogens is 238 g/mol. The van der Waals surface area contributed by atoms with Crippen LogP contribution < -0.4 is 4.74 Å². The van der Waals surface area contributed by atoms with Gasteiger partial charge in [0.05, 0.1) is 11.8 Å². The summed E-state index contributed by atoms with van der Waals surface area (Å²) in [6.45, 7) is 5.75. The Hall–Kier alpha value is -1.87. The van der Waals surface area contributed by atoms with Gasteiger partial charge in [0.25, 0.3) is 0 Å². The standard InChI is InChI=1S/C16H19NO2/c1-4-14-16(10-9-11(2)17-14)19-15-8-6-5-7-13(15)12(3)18/h5-10,12,18H,4H2,1-3H3/t12-/m1/s1. The Morgan fingerprint density at radius 1 is 1.16 bits per heavy atom. The quantitative estimate of drug-likeness (QED) is 0.906. The van der Waals surface area contributed by atoms with E-state index in [-0.39, 0.29) is 0 Å². The van der Waals surface area contributed by atoms with E-state index in [0.29, 0.717) is 5.75 Å². The fraction of sp³-hybridized carbons (Fsp3) is 0.312. The summed E-state index contributed by atoms with van der Waals surface area (Å²) >= 11 is 0. The highest BCUT2D eigenvalue weighted by Crippen LogP contribution is 2.31. The molecule has 1 aromatic heterocycles. The number of hydrogen-bond donors (Lipinski definition) is 1. The van der Waals surface area contributed by atoms with Gasteiger partial charge in [0, 0.05) is 11.3 Å². The Labute approximate surface area is 113 Å². The summed E-state index contributed by atoms with van der Waals surface area (Å²) < 4.78 is 5.93. The Kier molecular flexibility index (Phi) is 4.17. The van der Waals surface area contributed by atoms with Crippen LogP contribution in [-0.4, -0.2) is 10.1 Å². The molecule has 1 atom stereocenters. The predicted molar refractivity (Wildman–Crippen MR) is 75.5 cm³/mol. The van der Waals surface area contributed by atoms with Crippen LogP contribution in [0.15, 0.2) is 36.4 Å². The molecule has 0 aliphatic heterocycles. The van der Waals surface area contributed by atoms with Gasteiger partial charge in [-0.2, -0.15) is 0 Å². The average Bonchev–Trinajstić information content (AvgIpc) is 2.41. The first-order valence-corrected chi connectivity index (χ1v) is 6.53. The lowest BCUT2D eigenvalue weighted by Gasteiger charge is -2.14. The van der Waals surface area contributed by atoms with E-state index in [0.717, 1.165) is 29.1 Å². The first-order chi connectivity index (χ1) is 9.11. The predicted octanol–water partition coefficient (Wildman–Crippen LogP) is 3.80. The van der Waals surface area contributed by atoms with Crippen molar-refractivity contribution in [1.82, 2.24) is 4.98 Å². The summed E-state index contributed by atoms with van der Waals surface area (Å²) in [5, 5.41) is 9.76. The molecule has 2 aromatic rings. The monoisotopic (exact) mass is 257 g/mol. The number of nitrogens with zero attached hydrogens (tertiary/aromatic N) is 1. The Morgan fingerprint density at radius 3 is 2.58 bits per heavy atom. The van der Waals surface area contributed by atoms with Crippen LogP contribution >= 0.6 is 0 Å². The molecule has 0 saturated heterocycles. The topological polar surface area (TPSA) is 42.4 Å². The second-order valence-electron chi connectivity index (χ2n) is 4.57. The van der Waals surface area contributed by atoms with Crippen molar-refractivity contribution in [2.75, 3.05) is 0 Å². The summed E-state index contributed by atoms with van der Waals surface area (Å²) in [7, 11) is 0. The van der Waals surface area contributed by atoms with E-state index in [1.54, 1.807) is 6.92 Å². The minimum Gasteiger partial charge on any atom is -0.455 e. The van der Waals surface area contributed by atoms with Crippen molar-refractivity contribution in [3.05, 3.63) is 53.3 Å². The highest BCUT2D eigenvalue weighted by molar-refractivity contribution is 5.40. The van der Waals surface area contributed by atoms with E-state index in [2.05, 4.69) is 11.9 Å². The van der Waals surface area contributed by atoms with Crippen LogP contribution in [0.4, 0.5) is 0 Å². The summed E-state index contributed by atoms with van der Waals surface area (Å²) in [6, 6.07) is 11.4. The molecule has 0 fully saturated rings. The van der Waals surface area contributed by atoms with Crippen molar-refractivity contribution in [1.29, 1.82) is 0 Å². The summed E-state index contributed by atoms with van der Waals surface area (Å²) in [5.41, 5.74) is 2.69. The van der Waals surface area contributed by atoms with Crippen LogP contribution in [0.3, 0.4) is 0 Å². The lowest BCUT2D eigenvalue weighted by atomic mass is 10.1. The molecule has 1 heterocycles. The molecule has 1 aromatic carbocycles. The van der Waals surface area contributed by atoms with Crippen molar-refractivity contribution in [2.45, 2.75) is 33.3 Å². The first-order valence-electron chi connectivity index (χ1n) is 6.53. The van der Waals surface area contributed by atoms with E-state index in [1.807, 2.05) is 43.3 Å². The molecule has 0 unspecified atom stereocenters. The third-order valence-electron chi connectivity index (χ3n) is 3.00. The molecule has 3 nitrogen and oxygen atoms in total. The lowest BCUT2D eigenvalue weighted by Crippen LogP contribution is -1.99. The van der Waals surface area contributed by atoms with Gasteiger partial charge in [-0.1, -0.05) is 25.1 Å². The van der Waals surface area contributed by atoms with E-state index in [9.17, 15) is 5.11 Å². The number of benzene rings is 1. The number of ether oxygens (including phenoxy) is 1. The van der Waals surface area contributed by atoms with Crippen LogP contribution in [0.25, 0.3) is 0 Å². The molecular formula is C16H19NO2. The minimum atomic E-state index is -0.556. The second kappa shape index (κ2) is 5.85.